The minimum atomic E-state index is -0.914. The predicted octanol–water partition coefficient (Wildman–Crippen LogP) is 1.83. The summed E-state index contributed by atoms with van der Waals surface area (Å²) in [6.45, 7) is 1.92. The molecule has 0 atom stereocenters. The Morgan fingerprint density at radius 2 is 2.27 bits per heavy atom. The summed E-state index contributed by atoms with van der Waals surface area (Å²) >= 11 is 0. The zero-order valence-corrected chi connectivity index (χ0v) is 8.70. The van der Waals surface area contributed by atoms with E-state index in [0.717, 1.165) is 16.9 Å². The SMILES string of the molecule is COc1ccc(C)c(C#CCC(=O)O)c1. The number of carboxylic acids is 1. The molecule has 0 fully saturated rings. The summed E-state index contributed by atoms with van der Waals surface area (Å²) in [6, 6.07) is 5.53. The fourth-order valence-electron chi connectivity index (χ4n) is 1.08. The topological polar surface area (TPSA) is 46.5 Å². The van der Waals surface area contributed by atoms with E-state index in [0.29, 0.717) is 0 Å². The van der Waals surface area contributed by atoms with E-state index in [2.05, 4.69) is 11.8 Å². The zero-order chi connectivity index (χ0) is 11.3. The first-order valence-corrected chi connectivity index (χ1v) is 4.49. The molecule has 0 spiro atoms. The van der Waals surface area contributed by atoms with Crippen molar-refractivity contribution in [3.63, 3.8) is 0 Å². The van der Waals surface area contributed by atoms with Crippen LogP contribution in [0.5, 0.6) is 5.75 Å². The van der Waals surface area contributed by atoms with Crippen molar-refractivity contribution in [3.8, 4) is 17.6 Å². The molecule has 3 nitrogen and oxygen atoms in total. The Bertz CT molecular complexity index is 424. The third-order valence-corrected chi connectivity index (χ3v) is 1.91. The van der Waals surface area contributed by atoms with Crippen LogP contribution in [0.4, 0.5) is 0 Å². The third kappa shape index (κ3) is 3.35. The number of carbonyl (C=O) groups is 1. The molecule has 1 aromatic carbocycles. The summed E-state index contributed by atoms with van der Waals surface area (Å²) in [5.74, 6) is 5.20. The first-order chi connectivity index (χ1) is 7.13. The summed E-state index contributed by atoms with van der Waals surface area (Å²) in [7, 11) is 1.58. The fraction of sp³-hybridized carbons (Fsp3) is 0.250. The zero-order valence-electron chi connectivity index (χ0n) is 8.70. The van der Waals surface area contributed by atoms with Gasteiger partial charge in [0.2, 0.25) is 0 Å². The molecular weight excluding hydrogens is 192 g/mol. The number of benzene rings is 1. The number of aliphatic carboxylic acids is 1. The normalized spacial score (nSPS) is 8.93. The number of hydrogen-bond donors (Lipinski definition) is 1. The van der Waals surface area contributed by atoms with Crippen molar-refractivity contribution in [1.29, 1.82) is 0 Å². The van der Waals surface area contributed by atoms with E-state index in [1.54, 1.807) is 13.2 Å². The predicted molar refractivity (Wildman–Crippen MR) is 56.9 cm³/mol. The molecule has 0 saturated heterocycles. The molecular formula is C12H12O3. The van der Waals surface area contributed by atoms with Crippen LogP contribution in [0, 0.1) is 18.8 Å². The molecule has 1 aromatic rings. The van der Waals surface area contributed by atoms with Gasteiger partial charge in [-0.3, -0.25) is 4.79 Å². The van der Waals surface area contributed by atoms with E-state index in [-0.39, 0.29) is 6.42 Å². The van der Waals surface area contributed by atoms with Crippen molar-refractivity contribution in [3.05, 3.63) is 29.3 Å². The highest BCUT2D eigenvalue weighted by Crippen LogP contribution is 2.15. The summed E-state index contributed by atoms with van der Waals surface area (Å²) in [5.41, 5.74) is 1.81. The lowest BCUT2D eigenvalue weighted by Crippen LogP contribution is -1.91. The maximum atomic E-state index is 10.3. The third-order valence-electron chi connectivity index (χ3n) is 1.91. The van der Waals surface area contributed by atoms with Crippen molar-refractivity contribution < 1.29 is 14.6 Å². The number of hydrogen-bond acceptors (Lipinski definition) is 2. The van der Waals surface area contributed by atoms with E-state index in [1.807, 2.05) is 19.1 Å². The molecule has 78 valence electrons. The van der Waals surface area contributed by atoms with Crippen LogP contribution in [0.1, 0.15) is 17.5 Å². The molecule has 0 radical (unpaired) electrons. The second kappa shape index (κ2) is 5.06. The summed E-state index contributed by atoms with van der Waals surface area (Å²) in [6.07, 6.45) is -0.142. The number of methoxy groups -OCH3 is 1. The Morgan fingerprint density at radius 3 is 2.87 bits per heavy atom. The van der Waals surface area contributed by atoms with Crippen molar-refractivity contribution in [2.24, 2.45) is 0 Å². The maximum absolute atomic E-state index is 10.3. The van der Waals surface area contributed by atoms with Gasteiger partial charge in [-0.05, 0) is 24.6 Å². The lowest BCUT2D eigenvalue weighted by molar-refractivity contribution is -0.135. The molecule has 0 amide bonds. The Labute approximate surface area is 88.7 Å². The molecule has 3 heteroatoms. The van der Waals surface area contributed by atoms with Crippen molar-refractivity contribution in [2.75, 3.05) is 7.11 Å². The molecule has 0 aromatic heterocycles. The maximum Gasteiger partial charge on any atom is 0.315 e. The average Bonchev–Trinajstić information content (AvgIpc) is 2.20. The highest BCUT2D eigenvalue weighted by molar-refractivity contribution is 5.70. The van der Waals surface area contributed by atoms with Crippen LogP contribution in [0.3, 0.4) is 0 Å². The Kier molecular flexibility index (Phi) is 3.75. The molecule has 0 saturated carbocycles. The average molecular weight is 204 g/mol. The van der Waals surface area contributed by atoms with Crippen molar-refractivity contribution in [2.45, 2.75) is 13.3 Å². The number of carboxylic acid groups (broad SMARTS) is 1. The minimum absolute atomic E-state index is 0.142. The van der Waals surface area contributed by atoms with Crippen LogP contribution in [-0.2, 0) is 4.79 Å². The van der Waals surface area contributed by atoms with Crippen LogP contribution in [0.25, 0.3) is 0 Å². The minimum Gasteiger partial charge on any atom is -0.497 e. The van der Waals surface area contributed by atoms with Crippen LogP contribution in [0.15, 0.2) is 18.2 Å². The van der Waals surface area contributed by atoms with Crippen molar-refractivity contribution in [1.82, 2.24) is 0 Å². The van der Waals surface area contributed by atoms with Gasteiger partial charge >= 0.3 is 5.97 Å². The Hall–Kier alpha value is -1.95. The summed E-state index contributed by atoms with van der Waals surface area (Å²) in [4.78, 5) is 10.3. The van der Waals surface area contributed by atoms with Gasteiger partial charge in [0.1, 0.15) is 12.2 Å². The van der Waals surface area contributed by atoms with E-state index in [4.69, 9.17) is 9.84 Å². The van der Waals surface area contributed by atoms with E-state index >= 15 is 0 Å². The summed E-state index contributed by atoms with van der Waals surface area (Å²) < 4.78 is 5.05. The van der Waals surface area contributed by atoms with E-state index in [9.17, 15) is 4.79 Å². The standard InChI is InChI=1S/C12H12O3/c1-9-6-7-11(15-2)8-10(9)4-3-5-12(13)14/h6-8H,5H2,1-2H3,(H,13,14). The number of aryl methyl sites for hydroxylation is 1. The lowest BCUT2D eigenvalue weighted by Gasteiger charge is -2.02. The van der Waals surface area contributed by atoms with E-state index < -0.39 is 5.97 Å². The van der Waals surface area contributed by atoms with Crippen molar-refractivity contribution >= 4 is 5.97 Å². The smallest absolute Gasteiger partial charge is 0.315 e. The second-order valence-electron chi connectivity index (χ2n) is 3.05. The number of ether oxygens (including phenoxy) is 1. The van der Waals surface area contributed by atoms with Gasteiger partial charge in [0.15, 0.2) is 0 Å². The molecule has 1 N–H and O–H groups in total. The van der Waals surface area contributed by atoms with Crippen LogP contribution in [0.2, 0.25) is 0 Å². The molecule has 15 heavy (non-hydrogen) atoms. The highest BCUT2D eigenvalue weighted by Gasteiger charge is 1.97. The van der Waals surface area contributed by atoms with Gasteiger partial charge < -0.3 is 9.84 Å². The van der Waals surface area contributed by atoms with Gasteiger partial charge in [-0.25, -0.2) is 0 Å². The lowest BCUT2D eigenvalue weighted by atomic mass is 10.1. The highest BCUT2D eigenvalue weighted by atomic mass is 16.5. The summed E-state index contributed by atoms with van der Waals surface area (Å²) in [5, 5.41) is 8.43. The Morgan fingerprint density at radius 1 is 1.53 bits per heavy atom. The Balaban J connectivity index is 2.91. The largest absolute Gasteiger partial charge is 0.497 e. The first-order valence-electron chi connectivity index (χ1n) is 4.49. The quantitative estimate of drug-likeness (QED) is 0.747. The van der Waals surface area contributed by atoms with Gasteiger partial charge in [-0.15, -0.1) is 0 Å². The second-order valence-corrected chi connectivity index (χ2v) is 3.05. The molecule has 0 unspecified atom stereocenters. The van der Waals surface area contributed by atoms with Gasteiger partial charge in [0, 0.05) is 5.56 Å². The monoisotopic (exact) mass is 204 g/mol. The van der Waals surface area contributed by atoms with Gasteiger partial charge in [-0.2, -0.15) is 0 Å². The molecule has 0 bridgehead atoms. The number of rotatable bonds is 2. The molecule has 1 rings (SSSR count). The van der Waals surface area contributed by atoms with Gasteiger partial charge in [0.05, 0.1) is 7.11 Å². The van der Waals surface area contributed by atoms with Gasteiger partial charge in [0.25, 0.3) is 0 Å². The molecule has 0 aliphatic carbocycles. The van der Waals surface area contributed by atoms with E-state index in [1.165, 1.54) is 0 Å². The van der Waals surface area contributed by atoms with Crippen LogP contribution >= 0.6 is 0 Å². The first kappa shape index (κ1) is 11.1. The van der Waals surface area contributed by atoms with Crippen LogP contribution < -0.4 is 4.74 Å². The molecule has 0 heterocycles. The van der Waals surface area contributed by atoms with Crippen LogP contribution in [-0.4, -0.2) is 18.2 Å². The van der Waals surface area contributed by atoms with Gasteiger partial charge in [-0.1, -0.05) is 17.9 Å². The fourth-order valence-corrected chi connectivity index (χ4v) is 1.08. The molecule has 0 aliphatic rings. The molecule has 0 aliphatic heterocycles.